The van der Waals surface area contributed by atoms with Crippen molar-refractivity contribution in [3.8, 4) is 11.5 Å². The van der Waals surface area contributed by atoms with Crippen LogP contribution < -0.4 is 19.7 Å². The third-order valence-corrected chi connectivity index (χ3v) is 4.59. The summed E-state index contributed by atoms with van der Waals surface area (Å²) in [6.45, 7) is 6.42. The molecular formula is C19H28N4O2. The van der Waals surface area contributed by atoms with Crippen molar-refractivity contribution in [1.29, 1.82) is 0 Å². The van der Waals surface area contributed by atoms with Crippen LogP contribution in [0.1, 0.15) is 36.2 Å². The monoisotopic (exact) mass is 344 g/mol. The van der Waals surface area contributed by atoms with Crippen LogP contribution in [-0.4, -0.2) is 37.1 Å². The summed E-state index contributed by atoms with van der Waals surface area (Å²) in [7, 11) is 6.08. The number of fused-ring (bicyclic) bond motifs is 1. The average Bonchev–Trinajstić information content (AvgIpc) is 2.74. The fourth-order valence-corrected chi connectivity index (χ4v) is 3.28. The van der Waals surface area contributed by atoms with E-state index >= 15 is 0 Å². The van der Waals surface area contributed by atoms with Gasteiger partial charge in [0.15, 0.2) is 11.5 Å². The molecule has 0 saturated heterocycles. The molecule has 0 amide bonds. The predicted octanol–water partition coefficient (Wildman–Crippen LogP) is 2.81. The number of benzene rings is 1. The summed E-state index contributed by atoms with van der Waals surface area (Å²) in [5.41, 5.74) is 3.48. The molecule has 2 heterocycles. The SMILES string of the molecule is Cc1nn(C)c(N(C)C)c1CN[C@H](C)c1ccc2c(c1)OCCCO2. The molecule has 6 heteroatoms. The minimum absolute atomic E-state index is 0.201. The van der Waals surface area contributed by atoms with Gasteiger partial charge in [0.05, 0.1) is 18.9 Å². The van der Waals surface area contributed by atoms with E-state index in [9.17, 15) is 0 Å². The van der Waals surface area contributed by atoms with E-state index in [0.717, 1.165) is 36.0 Å². The Hall–Kier alpha value is -2.21. The number of hydrogen-bond donors (Lipinski definition) is 1. The number of hydrogen-bond acceptors (Lipinski definition) is 5. The molecule has 0 saturated carbocycles. The molecule has 2 aromatic rings. The summed E-state index contributed by atoms with van der Waals surface area (Å²) in [5, 5.41) is 8.16. The molecule has 3 rings (SSSR count). The first-order chi connectivity index (χ1) is 12.0. The van der Waals surface area contributed by atoms with E-state index in [1.165, 1.54) is 11.1 Å². The highest BCUT2D eigenvalue weighted by molar-refractivity contribution is 5.49. The summed E-state index contributed by atoms with van der Waals surface area (Å²) in [6, 6.07) is 6.40. The van der Waals surface area contributed by atoms with Crippen LogP contribution in [-0.2, 0) is 13.6 Å². The van der Waals surface area contributed by atoms with Gasteiger partial charge in [-0.2, -0.15) is 5.10 Å². The van der Waals surface area contributed by atoms with Crippen molar-refractivity contribution in [3.63, 3.8) is 0 Å². The molecule has 0 radical (unpaired) electrons. The lowest BCUT2D eigenvalue weighted by Crippen LogP contribution is -2.21. The van der Waals surface area contributed by atoms with Crippen LogP contribution in [0.4, 0.5) is 5.82 Å². The lowest BCUT2D eigenvalue weighted by molar-refractivity contribution is 0.297. The first kappa shape index (κ1) is 17.6. The minimum atomic E-state index is 0.201. The van der Waals surface area contributed by atoms with Crippen LogP contribution in [0, 0.1) is 6.92 Å². The molecular weight excluding hydrogens is 316 g/mol. The van der Waals surface area contributed by atoms with Crippen molar-refractivity contribution >= 4 is 5.82 Å². The van der Waals surface area contributed by atoms with Gasteiger partial charge >= 0.3 is 0 Å². The van der Waals surface area contributed by atoms with E-state index in [4.69, 9.17) is 9.47 Å². The molecule has 136 valence electrons. The van der Waals surface area contributed by atoms with E-state index < -0.39 is 0 Å². The van der Waals surface area contributed by atoms with Crippen LogP contribution >= 0.6 is 0 Å². The number of rotatable bonds is 5. The van der Waals surface area contributed by atoms with Gasteiger partial charge in [0, 0.05) is 45.7 Å². The van der Waals surface area contributed by atoms with Gasteiger partial charge in [0.25, 0.3) is 0 Å². The van der Waals surface area contributed by atoms with Gasteiger partial charge in [-0.15, -0.1) is 0 Å². The topological polar surface area (TPSA) is 51.6 Å². The molecule has 0 aliphatic carbocycles. The fraction of sp³-hybridized carbons (Fsp3) is 0.526. The zero-order valence-corrected chi connectivity index (χ0v) is 15.8. The number of nitrogens with zero attached hydrogens (tertiary/aromatic N) is 3. The first-order valence-corrected chi connectivity index (χ1v) is 8.80. The zero-order valence-electron chi connectivity index (χ0n) is 15.8. The third kappa shape index (κ3) is 3.74. The second-order valence-corrected chi connectivity index (χ2v) is 6.76. The summed E-state index contributed by atoms with van der Waals surface area (Å²) < 4.78 is 13.4. The van der Waals surface area contributed by atoms with Crippen molar-refractivity contribution in [2.24, 2.45) is 7.05 Å². The summed E-state index contributed by atoms with van der Waals surface area (Å²) in [5.74, 6) is 2.82. The molecule has 1 aliphatic heterocycles. The van der Waals surface area contributed by atoms with E-state index in [0.29, 0.717) is 13.2 Å². The molecule has 0 bridgehead atoms. The zero-order chi connectivity index (χ0) is 18.0. The van der Waals surface area contributed by atoms with Gasteiger partial charge < -0.3 is 19.7 Å². The number of nitrogens with one attached hydrogen (secondary N) is 1. The highest BCUT2D eigenvalue weighted by Crippen LogP contribution is 2.32. The van der Waals surface area contributed by atoms with E-state index in [1.54, 1.807) is 0 Å². The molecule has 0 spiro atoms. The number of anilines is 1. The Morgan fingerprint density at radius 2 is 1.96 bits per heavy atom. The molecule has 1 N–H and O–H groups in total. The second kappa shape index (κ2) is 7.35. The second-order valence-electron chi connectivity index (χ2n) is 6.76. The average molecular weight is 344 g/mol. The van der Waals surface area contributed by atoms with Crippen LogP contribution in [0.25, 0.3) is 0 Å². The van der Waals surface area contributed by atoms with Crippen molar-refractivity contribution in [3.05, 3.63) is 35.0 Å². The lowest BCUT2D eigenvalue weighted by Gasteiger charge is -2.19. The molecule has 6 nitrogen and oxygen atoms in total. The van der Waals surface area contributed by atoms with Crippen LogP contribution in [0.5, 0.6) is 11.5 Å². The van der Waals surface area contributed by atoms with E-state index in [2.05, 4.69) is 41.3 Å². The maximum Gasteiger partial charge on any atom is 0.161 e. The molecule has 25 heavy (non-hydrogen) atoms. The van der Waals surface area contributed by atoms with Gasteiger partial charge in [0.2, 0.25) is 0 Å². The van der Waals surface area contributed by atoms with Gasteiger partial charge in [-0.1, -0.05) is 6.07 Å². The lowest BCUT2D eigenvalue weighted by atomic mass is 10.1. The number of aromatic nitrogens is 2. The van der Waals surface area contributed by atoms with E-state index in [-0.39, 0.29) is 6.04 Å². The van der Waals surface area contributed by atoms with Gasteiger partial charge in [0.1, 0.15) is 5.82 Å². The Morgan fingerprint density at radius 1 is 1.24 bits per heavy atom. The van der Waals surface area contributed by atoms with Gasteiger partial charge in [-0.25, -0.2) is 0 Å². The summed E-state index contributed by atoms with van der Waals surface area (Å²) in [6.07, 6.45) is 0.922. The molecule has 0 fully saturated rings. The molecule has 1 atom stereocenters. The molecule has 0 unspecified atom stereocenters. The normalized spacial score (nSPS) is 14.9. The van der Waals surface area contributed by atoms with Gasteiger partial charge in [-0.05, 0) is 31.5 Å². The number of ether oxygens (including phenoxy) is 2. The van der Waals surface area contributed by atoms with Crippen LogP contribution in [0.15, 0.2) is 18.2 Å². The maximum atomic E-state index is 5.80. The Bertz CT molecular complexity index is 739. The van der Waals surface area contributed by atoms with Crippen LogP contribution in [0.3, 0.4) is 0 Å². The van der Waals surface area contributed by atoms with Crippen molar-refractivity contribution < 1.29 is 9.47 Å². The minimum Gasteiger partial charge on any atom is -0.490 e. The highest BCUT2D eigenvalue weighted by Gasteiger charge is 2.17. The molecule has 1 aromatic heterocycles. The first-order valence-electron chi connectivity index (χ1n) is 8.80. The van der Waals surface area contributed by atoms with Crippen LogP contribution in [0.2, 0.25) is 0 Å². The van der Waals surface area contributed by atoms with Gasteiger partial charge in [-0.3, -0.25) is 4.68 Å². The fourth-order valence-electron chi connectivity index (χ4n) is 3.28. The molecule has 1 aromatic carbocycles. The summed E-state index contributed by atoms with van der Waals surface area (Å²) in [4.78, 5) is 2.11. The van der Waals surface area contributed by atoms with Crippen molar-refractivity contribution in [2.45, 2.75) is 32.9 Å². The van der Waals surface area contributed by atoms with Crippen molar-refractivity contribution in [1.82, 2.24) is 15.1 Å². The Morgan fingerprint density at radius 3 is 2.68 bits per heavy atom. The largest absolute Gasteiger partial charge is 0.490 e. The van der Waals surface area contributed by atoms with E-state index in [1.807, 2.05) is 31.9 Å². The Labute approximate surface area is 149 Å². The highest BCUT2D eigenvalue weighted by atomic mass is 16.5. The number of aryl methyl sites for hydroxylation is 2. The molecule has 1 aliphatic rings. The predicted molar refractivity (Wildman–Crippen MR) is 99.6 cm³/mol. The Kier molecular flexibility index (Phi) is 5.18. The standard InChI is InChI=1S/C19H28N4O2/c1-13(15-7-8-17-18(11-15)25-10-6-9-24-17)20-12-16-14(2)21-23(5)19(16)22(3)4/h7-8,11,13,20H,6,9-10,12H2,1-5H3/t13-/m1/s1. The maximum absolute atomic E-state index is 5.80. The smallest absolute Gasteiger partial charge is 0.161 e. The Balaban J connectivity index is 1.73. The third-order valence-electron chi connectivity index (χ3n) is 4.59. The summed E-state index contributed by atoms with van der Waals surface area (Å²) >= 11 is 0. The van der Waals surface area contributed by atoms with Crippen molar-refractivity contribution in [2.75, 3.05) is 32.2 Å². The quantitative estimate of drug-likeness (QED) is 0.904.